The molecule has 0 amide bonds. The van der Waals surface area contributed by atoms with Gasteiger partial charge in [-0.1, -0.05) is 26.0 Å². The summed E-state index contributed by atoms with van der Waals surface area (Å²) in [6, 6.07) is 8.58. The molecule has 0 bridgehead atoms. The summed E-state index contributed by atoms with van der Waals surface area (Å²) in [7, 11) is 1.80. The smallest absolute Gasteiger partial charge is 0.191 e. The fraction of sp³-hybridized carbons (Fsp3) is 0.500. The fourth-order valence-corrected chi connectivity index (χ4v) is 1.86. The number of guanidine groups is 1. The first kappa shape index (κ1) is 14.9. The zero-order valence-corrected chi connectivity index (χ0v) is 12.5. The average molecular weight is 265 g/mol. The first-order chi connectivity index (χ1) is 8.65. The zero-order chi connectivity index (χ0) is 13.4. The number of hydrogen-bond acceptors (Lipinski definition) is 2. The zero-order valence-electron chi connectivity index (χ0n) is 11.7. The second kappa shape index (κ2) is 8.03. The number of aliphatic imine (C=N–C) groups is 1. The number of thioether (sulfide) groups is 1. The van der Waals surface area contributed by atoms with Crippen molar-refractivity contribution in [2.45, 2.75) is 25.3 Å². The summed E-state index contributed by atoms with van der Waals surface area (Å²) in [5, 5.41) is 6.61. The molecule has 0 saturated carbocycles. The second-order valence-corrected chi connectivity index (χ2v) is 5.43. The Kier molecular flexibility index (Phi) is 6.65. The monoisotopic (exact) mass is 265 g/mol. The maximum Gasteiger partial charge on any atom is 0.191 e. The summed E-state index contributed by atoms with van der Waals surface area (Å²) >= 11 is 1.76. The maximum atomic E-state index is 4.20. The molecular weight excluding hydrogens is 242 g/mol. The van der Waals surface area contributed by atoms with Crippen LogP contribution in [0.1, 0.15) is 19.4 Å². The molecule has 0 unspecified atom stereocenters. The lowest BCUT2D eigenvalue weighted by Gasteiger charge is -2.13. The third-order valence-corrected chi connectivity index (χ3v) is 3.26. The summed E-state index contributed by atoms with van der Waals surface area (Å²) in [5.74, 6) is 1.47. The Morgan fingerprint density at radius 1 is 1.22 bits per heavy atom. The van der Waals surface area contributed by atoms with Gasteiger partial charge in [0.05, 0.1) is 0 Å². The van der Waals surface area contributed by atoms with Gasteiger partial charge in [-0.2, -0.15) is 0 Å². The molecule has 0 atom stereocenters. The standard InChI is InChI=1S/C14H23N3S/c1-11(2)9-16-14(15-3)17-10-12-5-7-13(18-4)8-6-12/h5-8,11H,9-10H2,1-4H3,(H2,15,16,17). The first-order valence-electron chi connectivity index (χ1n) is 6.23. The maximum absolute atomic E-state index is 4.20. The van der Waals surface area contributed by atoms with Crippen LogP contribution in [0.25, 0.3) is 0 Å². The van der Waals surface area contributed by atoms with Crippen molar-refractivity contribution >= 4 is 17.7 Å². The summed E-state index contributed by atoms with van der Waals surface area (Å²) in [5.41, 5.74) is 1.26. The van der Waals surface area contributed by atoms with E-state index in [1.54, 1.807) is 18.8 Å². The Morgan fingerprint density at radius 3 is 2.39 bits per heavy atom. The minimum atomic E-state index is 0.615. The highest BCUT2D eigenvalue weighted by molar-refractivity contribution is 7.98. The van der Waals surface area contributed by atoms with Gasteiger partial charge in [-0.15, -0.1) is 11.8 Å². The highest BCUT2D eigenvalue weighted by Crippen LogP contribution is 2.14. The summed E-state index contributed by atoms with van der Waals surface area (Å²) in [4.78, 5) is 5.49. The molecule has 0 spiro atoms. The normalized spacial score (nSPS) is 11.7. The van der Waals surface area contributed by atoms with E-state index in [4.69, 9.17) is 0 Å². The predicted molar refractivity (Wildman–Crippen MR) is 81.3 cm³/mol. The third-order valence-electron chi connectivity index (χ3n) is 2.52. The lowest BCUT2D eigenvalue weighted by Crippen LogP contribution is -2.38. The SMILES string of the molecule is CN=C(NCc1ccc(SC)cc1)NCC(C)C. The van der Waals surface area contributed by atoms with Crippen LogP contribution in [-0.2, 0) is 6.54 Å². The van der Waals surface area contributed by atoms with Crippen molar-refractivity contribution in [2.24, 2.45) is 10.9 Å². The van der Waals surface area contributed by atoms with Gasteiger partial charge < -0.3 is 10.6 Å². The van der Waals surface area contributed by atoms with Crippen LogP contribution in [0, 0.1) is 5.92 Å². The van der Waals surface area contributed by atoms with Gasteiger partial charge in [-0.3, -0.25) is 4.99 Å². The van der Waals surface area contributed by atoms with Crippen molar-refractivity contribution < 1.29 is 0 Å². The largest absolute Gasteiger partial charge is 0.356 e. The van der Waals surface area contributed by atoms with Crippen LogP contribution in [0.5, 0.6) is 0 Å². The number of nitrogens with zero attached hydrogens (tertiary/aromatic N) is 1. The fourth-order valence-electron chi connectivity index (χ4n) is 1.45. The van der Waals surface area contributed by atoms with Crippen LogP contribution in [0.2, 0.25) is 0 Å². The van der Waals surface area contributed by atoms with Crippen molar-refractivity contribution in [2.75, 3.05) is 19.8 Å². The molecule has 0 fully saturated rings. The van der Waals surface area contributed by atoms with E-state index in [0.29, 0.717) is 5.92 Å². The Labute approximate surface area is 114 Å². The van der Waals surface area contributed by atoms with Crippen molar-refractivity contribution in [3.05, 3.63) is 29.8 Å². The van der Waals surface area contributed by atoms with Crippen LogP contribution >= 0.6 is 11.8 Å². The molecule has 0 saturated heterocycles. The molecular formula is C14H23N3S. The van der Waals surface area contributed by atoms with Gasteiger partial charge >= 0.3 is 0 Å². The molecule has 0 aliphatic heterocycles. The van der Waals surface area contributed by atoms with Crippen LogP contribution in [0.15, 0.2) is 34.2 Å². The van der Waals surface area contributed by atoms with E-state index in [2.05, 4.69) is 60.0 Å². The van der Waals surface area contributed by atoms with Crippen LogP contribution in [0.3, 0.4) is 0 Å². The molecule has 3 nitrogen and oxygen atoms in total. The van der Waals surface area contributed by atoms with E-state index in [9.17, 15) is 0 Å². The predicted octanol–water partition coefficient (Wildman–Crippen LogP) is 2.73. The van der Waals surface area contributed by atoms with Gasteiger partial charge in [-0.25, -0.2) is 0 Å². The quantitative estimate of drug-likeness (QED) is 0.488. The number of rotatable bonds is 5. The molecule has 1 rings (SSSR count). The number of nitrogens with one attached hydrogen (secondary N) is 2. The molecule has 18 heavy (non-hydrogen) atoms. The Hall–Kier alpha value is -1.16. The number of hydrogen-bond donors (Lipinski definition) is 2. The Morgan fingerprint density at radius 2 is 1.89 bits per heavy atom. The molecule has 100 valence electrons. The molecule has 0 aromatic heterocycles. The van der Waals surface area contributed by atoms with Crippen molar-refractivity contribution in [1.29, 1.82) is 0 Å². The first-order valence-corrected chi connectivity index (χ1v) is 7.45. The molecule has 4 heteroatoms. The van der Waals surface area contributed by atoms with Gasteiger partial charge in [-0.05, 0) is 29.9 Å². The average Bonchev–Trinajstić information content (AvgIpc) is 2.39. The third kappa shape index (κ3) is 5.45. The van der Waals surface area contributed by atoms with Crippen molar-refractivity contribution in [1.82, 2.24) is 10.6 Å². The van der Waals surface area contributed by atoms with Gasteiger partial charge in [0.1, 0.15) is 0 Å². The van der Waals surface area contributed by atoms with E-state index in [0.717, 1.165) is 19.0 Å². The van der Waals surface area contributed by atoms with Crippen molar-refractivity contribution in [3.8, 4) is 0 Å². The summed E-state index contributed by atoms with van der Waals surface area (Å²) in [6.45, 7) is 6.10. The minimum absolute atomic E-state index is 0.615. The highest BCUT2D eigenvalue weighted by Gasteiger charge is 1.99. The Bertz CT molecular complexity index is 371. The van der Waals surface area contributed by atoms with Crippen LogP contribution in [0.4, 0.5) is 0 Å². The van der Waals surface area contributed by atoms with Gasteiger partial charge in [0.2, 0.25) is 0 Å². The van der Waals surface area contributed by atoms with Crippen LogP contribution in [-0.4, -0.2) is 25.8 Å². The van der Waals surface area contributed by atoms with Crippen molar-refractivity contribution in [3.63, 3.8) is 0 Å². The summed E-state index contributed by atoms with van der Waals surface area (Å²) < 4.78 is 0. The molecule has 0 aliphatic carbocycles. The van der Waals surface area contributed by atoms with E-state index in [-0.39, 0.29) is 0 Å². The molecule has 2 N–H and O–H groups in total. The molecule has 0 heterocycles. The van der Waals surface area contributed by atoms with Gasteiger partial charge in [0.25, 0.3) is 0 Å². The molecule has 0 radical (unpaired) electrons. The Balaban J connectivity index is 2.42. The topological polar surface area (TPSA) is 36.4 Å². The second-order valence-electron chi connectivity index (χ2n) is 4.55. The van der Waals surface area contributed by atoms with E-state index >= 15 is 0 Å². The van der Waals surface area contributed by atoms with E-state index in [1.165, 1.54) is 10.5 Å². The van der Waals surface area contributed by atoms with Crippen LogP contribution < -0.4 is 10.6 Å². The molecule has 1 aromatic rings. The lowest BCUT2D eigenvalue weighted by atomic mass is 10.2. The van der Waals surface area contributed by atoms with E-state index in [1.807, 2.05) is 0 Å². The summed E-state index contributed by atoms with van der Waals surface area (Å²) in [6.07, 6.45) is 2.09. The highest BCUT2D eigenvalue weighted by atomic mass is 32.2. The molecule has 1 aromatic carbocycles. The lowest BCUT2D eigenvalue weighted by molar-refractivity contribution is 0.614. The number of benzene rings is 1. The van der Waals surface area contributed by atoms with Gasteiger partial charge in [0.15, 0.2) is 5.96 Å². The minimum Gasteiger partial charge on any atom is -0.356 e. The van der Waals surface area contributed by atoms with E-state index < -0.39 is 0 Å². The molecule has 0 aliphatic rings. The van der Waals surface area contributed by atoms with Gasteiger partial charge in [0, 0.05) is 25.0 Å².